The predicted molar refractivity (Wildman–Crippen MR) is 96.9 cm³/mol. The molecule has 0 unspecified atom stereocenters. The van der Waals surface area contributed by atoms with Crippen LogP contribution in [0.3, 0.4) is 0 Å². The molecule has 2 nitrogen and oxygen atoms in total. The van der Waals surface area contributed by atoms with Gasteiger partial charge in [0.25, 0.3) is 0 Å². The van der Waals surface area contributed by atoms with Crippen LogP contribution in [0.5, 0.6) is 0 Å². The normalized spacial score (nSPS) is 15.0. The van der Waals surface area contributed by atoms with Gasteiger partial charge >= 0.3 is 0 Å². The number of hydrogen-bond donors (Lipinski definition) is 2. The van der Waals surface area contributed by atoms with Crippen molar-refractivity contribution in [3.63, 3.8) is 0 Å². The summed E-state index contributed by atoms with van der Waals surface area (Å²) in [6, 6.07) is 0. The van der Waals surface area contributed by atoms with Crippen molar-refractivity contribution in [3.05, 3.63) is 46.6 Å². The maximum Gasteiger partial charge on any atom is 0.0760 e. The van der Waals surface area contributed by atoms with E-state index in [4.69, 9.17) is 5.11 Å². The van der Waals surface area contributed by atoms with E-state index < -0.39 is 6.10 Å². The predicted octanol–water partition coefficient (Wildman–Crippen LogP) is 5.10. The molecule has 0 radical (unpaired) electrons. The molecule has 2 heteroatoms. The van der Waals surface area contributed by atoms with Crippen molar-refractivity contribution in [1.82, 2.24) is 0 Å². The van der Waals surface area contributed by atoms with Crippen LogP contribution in [-0.2, 0) is 0 Å². The van der Waals surface area contributed by atoms with Gasteiger partial charge < -0.3 is 10.2 Å². The molecule has 0 fully saturated rings. The van der Waals surface area contributed by atoms with E-state index in [1.807, 2.05) is 19.1 Å². The number of hydrogen-bond acceptors (Lipinski definition) is 2. The third-order valence-electron chi connectivity index (χ3n) is 3.57. The number of aliphatic hydroxyl groups is 2. The number of aliphatic hydroxyl groups excluding tert-OH is 2. The lowest BCUT2D eigenvalue weighted by atomic mass is 10.0. The van der Waals surface area contributed by atoms with Crippen molar-refractivity contribution in [3.8, 4) is 0 Å². The van der Waals surface area contributed by atoms with Gasteiger partial charge in [-0.2, -0.15) is 0 Å². The molecule has 2 N–H and O–H groups in total. The van der Waals surface area contributed by atoms with Gasteiger partial charge in [-0.25, -0.2) is 0 Å². The SMILES string of the molecule is CC(C)=CCC/C(C)=C/[C@H](O)C/C(C)=C/CC/C(C)=C/CO. The van der Waals surface area contributed by atoms with Crippen LogP contribution in [-0.4, -0.2) is 22.9 Å². The van der Waals surface area contributed by atoms with E-state index in [0.717, 1.165) is 25.7 Å². The molecule has 0 aliphatic heterocycles. The van der Waals surface area contributed by atoms with E-state index in [-0.39, 0.29) is 6.61 Å². The Morgan fingerprint density at radius 1 is 0.818 bits per heavy atom. The number of rotatable bonds is 10. The molecular weight excluding hydrogens is 272 g/mol. The zero-order chi connectivity index (χ0) is 17.0. The van der Waals surface area contributed by atoms with Gasteiger partial charge in [0.15, 0.2) is 0 Å². The first kappa shape index (κ1) is 20.9. The molecule has 0 heterocycles. The Morgan fingerprint density at radius 2 is 1.41 bits per heavy atom. The largest absolute Gasteiger partial charge is 0.392 e. The summed E-state index contributed by atoms with van der Waals surface area (Å²) in [5, 5.41) is 18.9. The van der Waals surface area contributed by atoms with E-state index >= 15 is 0 Å². The highest BCUT2D eigenvalue weighted by Crippen LogP contribution is 2.14. The van der Waals surface area contributed by atoms with Crippen molar-refractivity contribution in [2.45, 2.75) is 72.8 Å². The quantitative estimate of drug-likeness (QED) is 0.552. The van der Waals surface area contributed by atoms with Crippen LogP contribution in [0.15, 0.2) is 46.6 Å². The zero-order valence-corrected chi connectivity index (χ0v) is 15.0. The van der Waals surface area contributed by atoms with Crippen LogP contribution >= 0.6 is 0 Å². The van der Waals surface area contributed by atoms with E-state index in [1.54, 1.807) is 0 Å². The molecule has 22 heavy (non-hydrogen) atoms. The molecule has 0 bridgehead atoms. The summed E-state index contributed by atoms with van der Waals surface area (Å²) in [6.07, 6.45) is 12.5. The van der Waals surface area contributed by atoms with Crippen LogP contribution in [0.25, 0.3) is 0 Å². The van der Waals surface area contributed by atoms with Gasteiger partial charge in [0.05, 0.1) is 12.7 Å². The van der Waals surface area contributed by atoms with Gasteiger partial charge in [-0.05, 0) is 66.7 Å². The Bertz CT molecular complexity index is 421. The van der Waals surface area contributed by atoms with Crippen molar-refractivity contribution in [2.24, 2.45) is 0 Å². The molecule has 0 aromatic rings. The zero-order valence-electron chi connectivity index (χ0n) is 15.0. The van der Waals surface area contributed by atoms with Gasteiger partial charge in [0.1, 0.15) is 0 Å². The lowest BCUT2D eigenvalue weighted by Crippen LogP contribution is -2.03. The topological polar surface area (TPSA) is 40.5 Å². The molecule has 0 aromatic carbocycles. The third kappa shape index (κ3) is 12.6. The molecule has 0 aliphatic carbocycles. The van der Waals surface area contributed by atoms with Crippen molar-refractivity contribution in [1.29, 1.82) is 0 Å². The Kier molecular flexibility index (Phi) is 11.8. The van der Waals surface area contributed by atoms with Gasteiger partial charge in [0, 0.05) is 0 Å². The second kappa shape index (κ2) is 12.4. The molecule has 0 amide bonds. The highest BCUT2D eigenvalue weighted by molar-refractivity contribution is 5.10. The summed E-state index contributed by atoms with van der Waals surface area (Å²) >= 11 is 0. The molecule has 126 valence electrons. The highest BCUT2D eigenvalue weighted by atomic mass is 16.3. The maximum absolute atomic E-state index is 10.1. The van der Waals surface area contributed by atoms with Crippen LogP contribution in [0.4, 0.5) is 0 Å². The maximum atomic E-state index is 10.1. The molecule has 0 saturated carbocycles. The lowest BCUT2D eigenvalue weighted by molar-refractivity contribution is 0.222. The summed E-state index contributed by atoms with van der Waals surface area (Å²) < 4.78 is 0. The Labute approximate surface area is 137 Å². The van der Waals surface area contributed by atoms with E-state index in [0.29, 0.717) is 6.42 Å². The average Bonchev–Trinajstić information content (AvgIpc) is 2.37. The molecule has 0 saturated heterocycles. The molecule has 0 spiro atoms. The molecule has 0 rings (SSSR count). The van der Waals surface area contributed by atoms with Crippen LogP contribution in [0, 0.1) is 0 Å². The van der Waals surface area contributed by atoms with Gasteiger partial charge in [-0.3, -0.25) is 0 Å². The monoisotopic (exact) mass is 306 g/mol. The Morgan fingerprint density at radius 3 is 2.00 bits per heavy atom. The molecule has 0 aromatic heterocycles. The van der Waals surface area contributed by atoms with Crippen LogP contribution in [0.2, 0.25) is 0 Å². The second-order valence-electron chi connectivity index (χ2n) is 6.43. The van der Waals surface area contributed by atoms with Gasteiger partial charge in [-0.1, -0.05) is 46.6 Å². The summed E-state index contributed by atoms with van der Waals surface area (Å²) in [6.45, 7) is 10.5. The third-order valence-corrected chi connectivity index (χ3v) is 3.57. The Hall–Kier alpha value is -1.12. The first-order valence-corrected chi connectivity index (χ1v) is 8.26. The lowest BCUT2D eigenvalue weighted by Gasteiger charge is -2.08. The first-order chi connectivity index (χ1) is 10.3. The summed E-state index contributed by atoms with van der Waals surface area (Å²) in [5.41, 5.74) is 5.02. The minimum absolute atomic E-state index is 0.115. The Balaban J connectivity index is 4.20. The summed E-state index contributed by atoms with van der Waals surface area (Å²) in [4.78, 5) is 0. The van der Waals surface area contributed by atoms with Crippen molar-refractivity contribution in [2.75, 3.05) is 6.61 Å². The van der Waals surface area contributed by atoms with E-state index in [1.165, 1.54) is 22.3 Å². The smallest absolute Gasteiger partial charge is 0.0760 e. The fourth-order valence-corrected chi connectivity index (χ4v) is 2.28. The molecular formula is C20H34O2. The van der Waals surface area contributed by atoms with Gasteiger partial charge in [0.2, 0.25) is 0 Å². The summed E-state index contributed by atoms with van der Waals surface area (Å²) in [7, 11) is 0. The minimum atomic E-state index is -0.392. The number of allylic oxidation sites excluding steroid dienone is 5. The first-order valence-electron chi connectivity index (χ1n) is 8.26. The second-order valence-corrected chi connectivity index (χ2v) is 6.43. The van der Waals surface area contributed by atoms with Crippen molar-refractivity contribution >= 4 is 0 Å². The fourth-order valence-electron chi connectivity index (χ4n) is 2.28. The molecule has 0 aliphatic rings. The van der Waals surface area contributed by atoms with E-state index in [9.17, 15) is 5.11 Å². The van der Waals surface area contributed by atoms with E-state index in [2.05, 4.69) is 39.8 Å². The minimum Gasteiger partial charge on any atom is -0.392 e. The van der Waals surface area contributed by atoms with Crippen LogP contribution < -0.4 is 0 Å². The highest BCUT2D eigenvalue weighted by Gasteiger charge is 2.02. The fraction of sp³-hybridized carbons (Fsp3) is 0.600. The van der Waals surface area contributed by atoms with Crippen LogP contribution in [0.1, 0.15) is 66.7 Å². The summed E-state index contributed by atoms with van der Waals surface area (Å²) in [5.74, 6) is 0. The van der Waals surface area contributed by atoms with Gasteiger partial charge in [-0.15, -0.1) is 0 Å². The average molecular weight is 306 g/mol. The molecule has 1 atom stereocenters. The standard InChI is InChI=1S/C20H34O2/c1-16(2)8-6-10-18(4)14-20(22)15-19(5)11-7-9-17(3)12-13-21/h8,11-12,14,20-22H,6-7,9-10,13,15H2,1-5H3/b17-12+,18-14+,19-11+/t20-/m0/s1. The van der Waals surface area contributed by atoms with Crippen molar-refractivity contribution < 1.29 is 10.2 Å².